The van der Waals surface area contributed by atoms with Crippen LogP contribution in [0.15, 0.2) is 9.85 Å². The summed E-state index contributed by atoms with van der Waals surface area (Å²) in [4.78, 5) is 1.31. The van der Waals surface area contributed by atoms with Crippen molar-refractivity contribution >= 4 is 38.9 Å². The second kappa shape index (κ2) is 5.17. The number of hydrogen-bond donors (Lipinski definition) is 0. The first-order chi connectivity index (χ1) is 7.18. The van der Waals surface area contributed by atoms with E-state index in [-0.39, 0.29) is 5.38 Å². The van der Waals surface area contributed by atoms with Crippen LogP contribution in [-0.4, -0.2) is 13.2 Å². The zero-order valence-corrected chi connectivity index (χ0v) is 11.8. The lowest BCUT2D eigenvalue weighted by atomic mass is 9.94. The Balaban J connectivity index is 2.12. The van der Waals surface area contributed by atoms with Gasteiger partial charge in [-0.2, -0.15) is 0 Å². The third-order valence-corrected chi connectivity index (χ3v) is 4.99. The molecular weight excluding hydrogens is 296 g/mol. The van der Waals surface area contributed by atoms with E-state index < -0.39 is 0 Å². The molecule has 4 heteroatoms. The van der Waals surface area contributed by atoms with E-state index >= 15 is 0 Å². The Morgan fingerprint density at radius 3 is 3.00 bits per heavy atom. The summed E-state index contributed by atoms with van der Waals surface area (Å²) in [7, 11) is 0. The van der Waals surface area contributed by atoms with Gasteiger partial charge in [0.2, 0.25) is 0 Å². The second-order valence-corrected chi connectivity index (χ2v) is 7.05. The Hall–Kier alpha value is 0.430. The van der Waals surface area contributed by atoms with Gasteiger partial charge < -0.3 is 4.74 Å². The molecule has 1 aliphatic heterocycles. The summed E-state index contributed by atoms with van der Waals surface area (Å²) >= 11 is 11.8. The molecule has 2 unspecified atom stereocenters. The molecule has 1 aromatic rings. The molecule has 0 amide bonds. The molecule has 2 heterocycles. The van der Waals surface area contributed by atoms with Crippen LogP contribution < -0.4 is 0 Å². The van der Waals surface area contributed by atoms with Gasteiger partial charge in [0.25, 0.3) is 0 Å². The molecule has 1 aromatic heterocycles. The van der Waals surface area contributed by atoms with Crippen LogP contribution in [0.3, 0.4) is 0 Å². The zero-order chi connectivity index (χ0) is 10.8. The zero-order valence-electron chi connectivity index (χ0n) is 8.63. The molecule has 15 heavy (non-hydrogen) atoms. The summed E-state index contributed by atoms with van der Waals surface area (Å²) in [6.07, 6.45) is 2.32. The minimum atomic E-state index is 0.104. The molecule has 0 N–H and O–H groups in total. The van der Waals surface area contributed by atoms with E-state index in [1.165, 1.54) is 16.9 Å². The minimum Gasteiger partial charge on any atom is -0.381 e. The fourth-order valence-corrected chi connectivity index (χ4v) is 4.23. The van der Waals surface area contributed by atoms with Crippen molar-refractivity contribution in [3.8, 4) is 0 Å². The molecule has 0 aliphatic carbocycles. The molecule has 0 radical (unpaired) electrons. The smallest absolute Gasteiger partial charge is 0.0704 e. The molecule has 1 nitrogen and oxygen atoms in total. The van der Waals surface area contributed by atoms with E-state index in [4.69, 9.17) is 16.3 Å². The molecule has 84 valence electrons. The summed E-state index contributed by atoms with van der Waals surface area (Å²) in [6.45, 7) is 3.83. The first kappa shape index (κ1) is 11.9. The highest BCUT2D eigenvalue weighted by molar-refractivity contribution is 9.11. The van der Waals surface area contributed by atoms with Gasteiger partial charge in [0.1, 0.15) is 0 Å². The SMILES string of the molecule is Cc1sc(Br)cc1C(Cl)C1CCCOC1. The number of hydrogen-bond acceptors (Lipinski definition) is 2. The number of alkyl halides is 1. The van der Waals surface area contributed by atoms with E-state index in [9.17, 15) is 0 Å². The van der Waals surface area contributed by atoms with Crippen molar-refractivity contribution in [1.82, 2.24) is 0 Å². The van der Waals surface area contributed by atoms with Crippen molar-refractivity contribution in [2.75, 3.05) is 13.2 Å². The monoisotopic (exact) mass is 308 g/mol. The summed E-state index contributed by atoms with van der Waals surface area (Å²) in [5.74, 6) is 0.473. The van der Waals surface area contributed by atoms with E-state index in [0.717, 1.165) is 23.4 Å². The van der Waals surface area contributed by atoms with Crippen molar-refractivity contribution in [1.29, 1.82) is 0 Å². The standard InChI is InChI=1S/C11H14BrClOS/c1-7-9(5-10(12)15-7)11(13)8-3-2-4-14-6-8/h5,8,11H,2-4,6H2,1H3. The van der Waals surface area contributed by atoms with Crippen molar-refractivity contribution < 1.29 is 4.74 Å². The van der Waals surface area contributed by atoms with Crippen molar-refractivity contribution in [3.05, 3.63) is 20.3 Å². The lowest BCUT2D eigenvalue weighted by molar-refractivity contribution is 0.0531. The minimum absolute atomic E-state index is 0.104. The summed E-state index contributed by atoms with van der Waals surface area (Å²) in [6, 6.07) is 2.15. The predicted octanol–water partition coefficient (Wildman–Crippen LogP) is 4.53. The van der Waals surface area contributed by atoms with Gasteiger partial charge in [-0.05, 0) is 47.3 Å². The lowest BCUT2D eigenvalue weighted by Crippen LogP contribution is -2.21. The molecular formula is C11H14BrClOS. The number of halogens is 2. The maximum atomic E-state index is 6.51. The number of rotatable bonds is 2. The van der Waals surface area contributed by atoms with Gasteiger partial charge in [0, 0.05) is 17.4 Å². The molecule has 1 saturated heterocycles. The average Bonchev–Trinajstić information content (AvgIpc) is 2.58. The second-order valence-electron chi connectivity index (χ2n) is 3.94. The van der Waals surface area contributed by atoms with Crippen LogP contribution in [0, 0.1) is 12.8 Å². The van der Waals surface area contributed by atoms with E-state index in [1.807, 2.05) is 0 Å². The van der Waals surface area contributed by atoms with Crippen LogP contribution in [0.1, 0.15) is 28.7 Å². The van der Waals surface area contributed by atoms with Crippen LogP contribution >= 0.6 is 38.9 Å². The summed E-state index contributed by atoms with van der Waals surface area (Å²) < 4.78 is 6.64. The normalized spacial score (nSPS) is 24.1. The van der Waals surface area contributed by atoms with Crippen LogP contribution in [0.25, 0.3) is 0 Å². The summed E-state index contributed by atoms with van der Waals surface area (Å²) in [5, 5.41) is 0.104. The topological polar surface area (TPSA) is 9.23 Å². The van der Waals surface area contributed by atoms with Crippen LogP contribution in [0.2, 0.25) is 0 Å². The highest BCUT2D eigenvalue weighted by Gasteiger charge is 2.25. The van der Waals surface area contributed by atoms with E-state index in [1.54, 1.807) is 11.3 Å². The van der Waals surface area contributed by atoms with Gasteiger partial charge >= 0.3 is 0 Å². The Kier molecular flexibility index (Phi) is 4.10. The third kappa shape index (κ3) is 2.76. The highest BCUT2D eigenvalue weighted by Crippen LogP contribution is 2.40. The molecule has 1 fully saturated rings. The number of ether oxygens (including phenoxy) is 1. The van der Waals surface area contributed by atoms with Gasteiger partial charge in [-0.3, -0.25) is 0 Å². The van der Waals surface area contributed by atoms with Crippen molar-refractivity contribution in [3.63, 3.8) is 0 Å². The van der Waals surface area contributed by atoms with Crippen molar-refractivity contribution in [2.45, 2.75) is 25.1 Å². The van der Waals surface area contributed by atoms with Crippen LogP contribution in [0.5, 0.6) is 0 Å². The molecule has 0 aromatic carbocycles. The van der Waals surface area contributed by atoms with Gasteiger partial charge in [-0.15, -0.1) is 22.9 Å². The third-order valence-electron chi connectivity index (χ3n) is 2.83. The molecule has 1 aliphatic rings. The highest BCUT2D eigenvalue weighted by atomic mass is 79.9. The Morgan fingerprint density at radius 2 is 2.47 bits per heavy atom. The number of thiophene rings is 1. The first-order valence-electron chi connectivity index (χ1n) is 5.16. The maximum absolute atomic E-state index is 6.51. The lowest BCUT2D eigenvalue weighted by Gasteiger charge is -2.26. The van der Waals surface area contributed by atoms with Crippen LogP contribution in [-0.2, 0) is 4.74 Å². The van der Waals surface area contributed by atoms with Gasteiger partial charge in [-0.1, -0.05) is 0 Å². The van der Waals surface area contributed by atoms with E-state index in [2.05, 4.69) is 28.9 Å². The maximum Gasteiger partial charge on any atom is 0.0704 e. The average molecular weight is 310 g/mol. The van der Waals surface area contributed by atoms with Crippen molar-refractivity contribution in [2.24, 2.45) is 5.92 Å². The fourth-order valence-electron chi connectivity index (χ4n) is 1.98. The fraction of sp³-hybridized carbons (Fsp3) is 0.636. The molecule has 0 bridgehead atoms. The Morgan fingerprint density at radius 1 is 1.67 bits per heavy atom. The van der Waals surface area contributed by atoms with Gasteiger partial charge in [-0.25, -0.2) is 0 Å². The molecule has 0 spiro atoms. The van der Waals surface area contributed by atoms with Gasteiger partial charge in [0.05, 0.1) is 15.8 Å². The quantitative estimate of drug-likeness (QED) is 0.730. The molecule has 2 atom stereocenters. The largest absolute Gasteiger partial charge is 0.381 e. The summed E-state index contributed by atoms with van der Waals surface area (Å²) in [5.41, 5.74) is 1.27. The Bertz CT molecular complexity index is 333. The van der Waals surface area contributed by atoms with Crippen LogP contribution in [0.4, 0.5) is 0 Å². The molecule has 0 saturated carbocycles. The van der Waals surface area contributed by atoms with Gasteiger partial charge in [0.15, 0.2) is 0 Å². The Labute approximate surface area is 108 Å². The predicted molar refractivity (Wildman–Crippen MR) is 68.9 cm³/mol. The van der Waals surface area contributed by atoms with E-state index in [0.29, 0.717) is 5.92 Å². The first-order valence-corrected chi connectivity index (χ1v) is 7.20. The molecule has 2 rings (SSSR count). The number of aryl methyl sites for hydroxylation is 1.